The number of rotatable bonds is 4. The molecular formula is C16H24N2O2. The van der Waals surface area contributed by atoms with Gasteiger partial charge in [0.2, 0.25) is 0 Å². The first-order valence-corrected chi connectivity index (χ1v) is 7.25. The molecule has 1 aliphatic heterocycles. The number of aryl methyl sites for hydroxylation is 2. The van der Waals surface area contributed by atoms with Gasteiger partial charge in [0.05, 0.1) is 0 Å². The van der Waals surface area contributed by atoms with Crippen molar-refractivity contribution in [3.8, 4) is 5.75 Å². The minimum absolute atomic E-state index is 0.0740. The van der Waals surface area contributed by atoms with Crippen molar-refractivity contribution in [1.82, 2.24) is 10.2 Å². The van der Waals surface area contributed by atoms with Gasteiger partial charge in [-0.05, 0) is 45.4 Å². The minimum Gasteiger partial charge on any atom is -0.484 e. The van der Waals surface area contributed by atoms with Gasteiger partial charge in [-0.15, -0.1) is 0 Å². The van der Waals surface area contributed by atoms with E-state index >= 15 is 0 Å². The van der Waals surface area contributed by atoms with E-state index in [0.29, 0.717) is 6.04 Å². The number of nitrogens with zero attached hydrogens (tertiary/aromatic N) is 1. The first-order valence-electron chi connectivity index (χ1n) is 7.25. The summed E-state index contributed by atoms with van der Waals surface area (Å²) in [5.41, 5.74) is 2.28. The van der Waals surface area contributed by atoms with Crippen LogP contribution in [0.1, 0.15) is 24.0 Å². The van der Waals surface area contributed by atoms with Crippen LogP contribution >= 0.6 is 0 Å². The number of piperidine rings is 1. The Morgan fingerprint density at radius 3 is 2.95 bits per heavy atom. The largest absolute Gasteiger partial charge is 0.484 e. The molecule has 0 bridgehead atoms. The summed E-state index contributed by atoms with van der Waals surface area (Å²) in [5, 5.41) is 3.24. The molecule has 20 heavy (non-hydrogen) atoms. The number of ether oxygens (including phenoxy) is 1. The van der Waals surface area contributed by atoms with Crippen LogP contribution in [0.2, 0.25) is 0 Å². The molecule has 1 amide bonds. The molecule has 1 N–H and O–H groups in total. The number of hydrogen-bond donors (Lipinski definition) is 1. The number of likely N-dealkylation sites (N-methyl/N-ethyl adjacent to an activating group) is 1. The second-order valence-electron chi connectivity index (χ2n) is 5.53. The number of carbonyl (C=O) groups is 1. The van der Waals surface area contributed by atoms with Crippen LogP contribution in [0.4, 0.5) is 0 Å². The number of carbonyl (C=O) groups excluding carboxylic acids is 1. The first kappa shape index (κ1) is 14.9. The lowest BCUT2D eigenvalue weighted by atomic mass is 10.1. The van der Waals surface area contributed by atoms with Gasteiger partial charge < -0.3 is 15.0 Å². The van der Waals surface area contributed by atoms with E-state index in [1.807, 2.05) is 37.9 Å². The maximum Gasteiger partial charge on any atom is 0.260 e. The fraction of sp³-hybridized carbons (Fsp3) is 0.562. The Hall–Kier alpha value is -1.55. The van der Waals surface area contributed by atoms with E-state index in [9.17, 15) is 4.79 Å². The topological polar surface area (TPSA) is 41.6 Å². The molecule has 0 aromatic heterocycles. The molecule has 0 spiro atoms. The maximum absolute atomic E-state index is 12.2. The Balaban J connectivity index is 1.88. The van der Waals surface area contributed by atoms with E-state index in [0.717, 1.165) is 37.2 Å². The lowest BCUT2D eigenvalue weighted by Crippen LogP contribution is -2.48. The van der Waals surface area contributed by atoms with Crippen molar-refractivity contribution >= 4 is 5.91 Å². The summed E-state index contributed by atoms with van der Waals surface area (Å²) in [5.74, 6) is 0.871. The van der Waals surface area contributed by atoms with Crippen molar-refractivity contribution in [2.75, 3.05) is 26.7 Å². The van der Waals surface area contributed by atoms with Crippen molar-refractivity contribution in [3.63, 3.8) is 0 Å². The smallest absolute Gasteiger partial charge is 0.260 e. The summed E-state index contributed by atoms with van der Waals surface area (Å²) in [6.07, 6.45) is 2.19. The van der Waals surface area contributed by atoms with Crippen LogP contribution < -0.4 is 10.1 Å². The van der Waals surface area contributed by atoms with E-state index in [4.69, 9.17) is 4.74 Å². The normalized spacial score (nSPS) is 18.9. The highest BCUT2D eigenvalue weighted by Crippen LogP contribution is 2.19. The van der Waals surface area contributed by atoms with E-state index < -0.39 is 0 Å². The zero-order valence-electron chi connectivity index (χ0n) is 12.6. The second kappa shape index (κ2) is 6.75. The molecule has 1 fully saturated rings. The highest BCUT2D eigenvalue weighted by atomic mass is 16.5. The predicted octanol–water partition coefficient (Wildman–Crippen LogP) is 1.89. The van der Waals surface area contributed by atoms with Gasteiger partial charge in [0.1, 0.15) is 5.75 Å². The van der Waals surface area contributed by atoms with Crippen LogP contribution in [0.3, 0.4) is 0 Å². The van der Waals surface area contributed by atoms with Gasteiger partial charge in [-0.25, -0.2) is 0 Å². The molecule has 0 radical (unpaired) electrons. The molecule has 110 valence electrons. The van der Waals surface area contributed by atoms with E-state index in [1.54, 1.807) is 0 Å². The number of hydrogen-bond acceptors (Lipinski definition) is 3. The Bertz CT molecular complexity index is 474. The van der Waals surface area contributed by atoms with E-state index in [1.165, 1.54) is 5.56 Å². The molecule has 4 nitrogen and oxygen atoms in total. The fourth-order valence-corrected chi connectivity index (χ4v) is 2.63. The Morgan fingerprint density at radius 2 is 2.25 bits per heavy atom. The average molecular weight is 276 g/mol. The monoisotopic (exact) mass is 276 g/mol. The van der Waals surface area contributed by atoms with Gasteiger partial charge in [0.25, 0.3) is 5.91 Å². The van der Waals surface area contributed by atoms with Gasteiger partial charge in [0.15, 0.2) is 6.61 Å². The third kappa shape index (κ3) is 3.73. The predicted molar refractivity (Wildman–Crippen MR) is 80.1 cm³/mol. The number of likely N-dealkylation sites (tertiary alicyclic amines) is 1. The first-order chi connectivity index (χ1) is 9.60. The molecule has 0 aliphatic carbocycles. The van der Waals surface area contributed by atoms with Crippen LogP contribution in [0, 0.1) is 13.8 Å². The molecule has 2 rings (SSSR count). The third-order valence-corrected chi connectivity index (χ3v) is 3.86. The molecule has 4 heteroatoms. The van der Waals surface area contributed by atoms with Gasteiger partial charge >= 0.3 is 0 Å². The quantitative estimate of drug-likeness (QED) is 0.913. The standard InChI is InChI=1S/C16H24N2O2/c1-12-6-7-15(13(2)9-12)20-11-16(19)18-8-4-5-14(10-18)17-3/h6-7,9,14,17H,4-5,8,10-11H2,1-3H3/t14-/m0/s1. The minimum atomic E-state index is 0.0740. The molecule has 1 heterocycles. The second-order valence-corrected chi connectivity index (χ2v) is 5.53. The molecule has 1 saturated heterocycles. The van der Waals surface area contributed by atoms with Gasteiger partial charge in [-0.3, -0.25) is 4.79 Å². The van der Waals surface area contributed by atoms with E-state index in [2.05, 4.69) is 11.4 Å². The van der Waals surface area contributed by atoms with Crippen molar-refractivity contribution < 1.29 is 9.53 Å². The number of nitrogens with one attached hydrogen (secondary N) is 1. The van der Waals surface area contributed by atoms with Crippen LogP contribution in [-0.4, -0.2) is 43.6 Å². The average Bonchev–Trinajstić information content (AvgIpc) is 2.46. The van der Waals surface area contributed by atoms with Crippen molar-refractivity contribution in [2.45, 2.75) is 32.7 Å². The molecule has 0 saturated carbocycles. The summed E-state index contributed by atoms with van der Waals surface area (Å²) < 4.78 is 5.66. The molecule has 0 unspecified atom stereocenters. The Morgan fingerprint density at radius 1 is 1.45 bits per heavy atom. The number of benzene rings is 1. The molecular weight excluding hydrogens is 252 g/mol. The van der Waals surface area contributed by atoms with Crippen LogP contribution in [0.25, 0.3) is 0 Å². The highest BCUT2D eigenvalue weighted by molar-refractivity contribution is 5.78. The van der Waals surface area contributed by atoms with Crippen molar-refractivity contribution in [3.05, 3.63) is 29.3 Å². The van der Waals surface area contributed by atoms with Crippen molar-refractivity contribution in [1.29, 1.82) is 0 Å². The summed E-state index contributed by atoms with van der Waals surface area (Å²) in [4.78, 5) is 14.1. The lowest BCUT2D eigenvalue weighted by molar-refractivity contribution is -0.134. The van der Waals surface area contributed by atoms with E-state index in [-0.39, 0.29) is 12.5 Å². The Labute approximate surface area is 121 Å². The van der Waals surface area contributed by atoms with Gasteiger partial charge in [-0.2, -0.15) is 0 Å². The summed E-state index contributed by atoms with van der Waals surface area (Å²) in [6, 6.07) is 6.42. The zero-order chi connectivity index (χ0) is 14.5. The van der Waals surface area contributed by atoms with Crippen LogP contribution in [0.5, 0.6) is 5.75 Å². The Kier molecular flexibility index (Phi) is 5.01. The van der Waals surface area contributed by atoms with Crippen molar-refractivity contribution in [2.24, 2.45) is 0 Å². The summed E-state index contributed by atoms with van der Waals surface area (Å²) >= 11 is 0. The fourth-order valence-electron chi connectivity index (χ4n) is 2.63. The van der Waals surface area contributed by atoms with Gasteiger partial charge in [-0.1, -0.05) is 17.7 Å². The maximum atomic E-state index is 12.2. The summed E-state index contributed by atoms with van der Waals surface area (Å²) in [7, 11) is 1.95. The molecule has 1 aromatic carbocycles. The van der Waals surface area contributed by atoms with Crippen LogP contribution in [-0.2, 0) is 4.79 Å². The van der Waals surface area contributed by atoms with Gasteiger partial charge in [0, 0.05) is 19.1 Å². The number of amides is 1. The third-order valence-electron chi connectivity index (χ3n) is 3.86. The van der Waals surface area contributed by atoms with Crippen LogP contribution in [0.15, 0.2) is 18.2 Å². The molecule has 1 aliphatic rings. The summed E-state index contributed by atoms with van der Waals surface area (Å²) in [6.45, 7) is 5.80. The highest BCUT2D eigenvalue weighted by Gasteiger charge is 2.22. The molecule has 1 atom stereocenters. The lowest BCUT2D eigenvalue weighted by Gasteiger charge is -2.32. The SMILES string of the molecule is CN[C@H]1CCCN(C(=O)COc2ccc(C)cc2C)C1. The molecule has 1 aromatic rings. The zero-order valence-corrected chi connectivity index (χ0v) is 12.6.